The monoisotopic (exact) mass is 739 g/mol. The molecule has 15 heteroatoms. The lowest BCUT2D eigenvalue weighted by Gasteiger charge is -2.35. The van der Waals surface area contributed by atoms with Crippen LogP contribution in [0.25, 0.3) is 0 Å². The zero-order valence-electron chi connectivity index (χ0n) is 27.9. The van der Waals surface area contributed by atoms with E-state index in [1.165, 1.54) is 60.5 Å². The van der Waals surface area contributed by atoms with Gasteiger partial charge in [-0.25, -0.2) is 21.2 Å². The lowest BCUT2D eigenvalue weighted by atomic mass is 10.0. The molecule has 11 nitrogen and oxygen atoms in total. The van der Waals surface area contributed by atoms with Crippen molar-refractivity contribution < 1.29 is 40.6 Å². The van der Waals surface area contributed by atoms with E-state index in [-0.39, 0.29) is 52.6 Å². The molecule has 2 N–H and O–H groups in total. The summed E-state index contributed by atoms with van der Waals surface area (Å²) in [6.07, 6.45) is 1.05. The molecular weight excluding hydrogens is 697 g/mol. The van der Waals surface area contributed by atoms with Crippen LogP contribution in [0.15, 0.2) is 76.5 Å². The van der Waals surface area contributed by atoms with Crippen LogP contribution in [0.1, 0.15) is 50.4 Å². The minimum Gasteiger partial charge on any atom is -0.490 e. The molecule has 3 aromatic rings. The molecule has 0 saturated heterocycles. The SMILES string of the molecule is C[C@@H]1CN([C@H](C)CO)C(=O)c2cc(NS(=O)(=O)c3ccc(Cl)cc3)ccc2O[C@@H](C)CCCCO[C@@H]1CN(C)S(=O)(=O)c1ccc(F)cc1. The Morgan fingerprint density at radius 3 is 2.33 bits per heavy atom. The van der Waals surface area contributed by atoms with E-state index >= 15 is 0 Å². The molecule has 4 rings (SSSR count). The van der Waals surface area contributed by atoms with Crippen molar-refractivity contribution in [2.75, 3.05) is 38.1 Å². The molecule has 0 bridgehead atoms. The summed E-state index contributed by atoms with van der Waals surface area (Å²) in [4.78, 5) is 15.7. The van der Waals surface area contributed by atoms with Gasteiger partial charge in [0, 0.05) is 43.4 Å². The fourth-order valence-corrected chi connectivity index (χ4v) is 7.77. The lowest BCUT2D eigenvalue weighted by Crippen LogP contribution is -2.48. The second-order valence-corrected chi connectivity index (χ2v) is 16.5. The average molecular weight is 740 g/mol. The first-order valence-electron chi connectivity index (χ1n) is 16.0. The van der Waals surface area contributed by atoms with E-state index in [2.05, 4.69) is 4.72 Å². The Bertz CT molecular complexity index is 1790. The van der Waals surface area contributed by atoms with E-state index in [4.69, 9.17) is 21.1 Å². The van der Waals surface area contributed by atoms with Crippen LogP contribution < -0.4 is 9.46 Å². The Kier molecular flexibility index (Phi) is 13.1. The fourth-order valence-electron chi connectivity index (χ4n) is 5.41. The van der Waals surface area contributed by atoms with E-state index in [9.17, 15) is 31.1 Å². The molecule has 0 fully saturated rings. The Labute approximate surface area is 293 Å². The summed E-state index contributed by atoms with van der Waals surface area (Å²) >= 11 is 5.93. The number of nitrogens with zero attached hydrogens (tertiary/aromatic N) is 2. The largest absolute Gasteiger partial charge is 0.490 e. The average Bonchev–Trinajstić information content (AvgIpc) is 3.06. The second kappa shape index (κ2) is 16.6. The van der Waals surface area contributed by atoms with Gasteiger partial charge in [-0.1, -0.05) is 18.5 Å². The third kappa shape index (κ3) is 9.92. The fraction of sp³-hybridized carbons (Fsp3) is 0.441. The number of nitrogens with one attached hydrogen (secondary N) is 1. The van der Waals surface area contributed by atoms with Crippen LogP contribution in [0.3, 0.4) is 0 Å². The van der Waals surface area contributed by atoms with Gasteiger partial charge < -0.3 is 19.5 Å². The number of fused-ring (bicyclic) bond motifs is 1. The van der Waals surface area contributed by atoms with Gasteiger partial charge >= 0.3 is 0 Å². The number of carbonyl (C=O) groups excluding carboxylic acids is 1. The number of benzene rings is 3. The molecule has 0 spiro atoms. The van der Waals surface area contributed by atoms with Crippen LogP contribution in [0, 0.1) is 11.7 Å². The summed E-state index contributed by atoms with van der Waals surface area (Å²) in [6.45, 7) is 5.34. The lowest BCUT2D eigenvalue weighted by molar-refractivity contribution is -0.00834. The number of anilines is 1. The summed E-state index contributed by atoms with van der Waals surface area (Å²) in [5.41, 5.74) is 0.207. The van der Waals surface area contributed by atoms with Crippen LogP contribution in [0.4, 0.5) is 10.1 Å². The van der Waals surface area contributed by atoms with E-state index in [0.717, 1.165) is 22.9 Å². The van der Waals surface area contributed by atoms with Crippen LogP contribution in [0.5, 0.6) is 5.75 Å². The van der Waals surface area contributed by atoms with Gasteiger partial charge in [-0.2, -0.15) is 4.31 Å². The van der Waals surface area contributed by atoms with Gasteiger partial charge in [0.05, 0.1) is 40.2 Å². The predicted molar refractivity (Wildman–Crippen MR) is 185 cm³/mol. The van der Waals surface area contributed by atoms with Crippen molar-refractivity contribution in [1.29, 1.82) is 0 Å². The number of rotatable bonds is 9. The Morgan fingerprint density at radius 2 is 1.67 bits per heavy atom. The van der Waals surface area contributed by atoms with E-state index in [1.54, 1.807) is 13.0 Å². The number of halogens is 2. The maximum absolute atomic E-state index is 14.4. The molecule has 0 aliphatic carbocycles. The summed E-state index contributed by atoms with van der Waals surface area (Å²) in [5, 5.41) is 10.6. The molecule has 1 amide bonds. The number of sulfonamides is 2. The second-order valence-electron chi connectivity index (χ2n) is 12.3. The Balaban J connectivity index is 1.67. The van der Waals surface area contributed by atoms with Crippen LogP contribution in [0.2, 0.25) is 5.02 Å². The molecule has 268 valence electrons. The molecule has 1 aliphatic heterocycles. The van der Waals surface area contributed by atoms with Crippen molar-refractivity contribution in [2.45, 2.75) is 68.1 Å². The highest BCUT2D eigenvalue weighted by Crippen LogP contribution is 2.30. The van der Waals surface area contributed by atoms with Crippen LogP contribution in [-0.4, -0.2) is 88.7 Å². The van der Waals surface area contributed by atoms with Gasteiger partial charge in [-0.05, 0) is 99.8 Å². The standard InChI is InChI=1S/C34H43ClFN3O8S2/c1-23-20-39(24(2)22-40)34(41)31-19-28(37-48(42,43)29-13-8-26(35)9-14-29)12-17-32(31)47-25(3)7-5-6-18-46-33(23)21-38(4)49(44,45)30-15-10-27(36)11-16-30/h8-17,19,23-25,33,37,40H,5-7,18,20-22H2,1-4H3/t23-,24-,25+,33-/m1/s1. The number of carbonyl (C=O) groups is 1. The van der Waals surface area contributed by atoms with Crippen LogP contribution in [-0.2, 0) is 24.8 Å². The van der Waals surface area contributed by atoms with Crippen LogP contribution >= 0.6 is 11.6 Å². The van der Waals surface area contributed by atoms with Crippen molar-refractivity contribution in [3.8, 4) is 5.75 Å². The molecule has 49 heavy (non-hydrogen) atoms. The summed E-state index contributed by atoms with van der Waals surface area (Å²) in [5.74, 6) is -1.25. The highest BCUT2D eigenvalue weighted by atomic mass is 35.5. The highest BCUT2D eigenvalue weighted by Gasteiger charge is 2.32. The van der Waals surface area contributed by atoms with E-state index in [0.29, 0.717) is 24.5 Å². The van der Waals surface area contributed by atoms with E-state index in [1.807, 2.05) is 13.8 Å². The molecule has 0 radical (unpaired) electrons. The predicted octanol–water partition coefficient (Wildman–Crippen LogP) is 5.40. The Morgan fingerprint density at radius 1 is 1.02 bits per heavy atom. The van der Waals surface area contributed by atoms with Crippen molar-refractivity contribution in [3.63, 3.8) is 0 Å². The molecule has 0 aromatic heterocycles. The minimum absolute atomic E-state index is 0.0185. The van der Waals surface area contributed by atoms with E-state index < -0.39 is 49.8 Å². The maximum atomic E-state index is 14.4. The number of hydrogen-bond donors (Lipinski definition) is 2. The van der Waals surface area contributed by atoms with Crippen molar-refractivity contribution in [3.05, 3.63) is 83.1 Å². The summed E-state index contributed by atoms with van der Waals surface area (Å²) < 4.78 is 82.7. The first-order chi connectivity index (χ1) is 23.1. The summed E-state index contributed by atoms with van der Waals surface area (Å²) in [6, 6.07) is 14.0. The summed E-state index contributed by atoms with van der Waals surface area (Å²) in [7, 11) is -6.60. The third-order valence-corrected chi connectivity index (χ3v) is 11.9. The number of hydrogen-bond acceptors (Lipinski definition) is 8. The molecule has 0 saturated carbocycles. The Hall–Kier alpha value is -3.27. The van der Waals surface area contributed by atoms with Gasteiger partial charge in [0.1, 0.15) is 11.6 Å². The first-order valence-corrected chi connectivity index (χ1v) is 19.3. The number of aliphatic hydroxyl groups is 1. The number of likely N-dealkylation sites (N-methyl/N-ethyl adjacent to an activating group) is 1. The molecule has 0 unspecified atom stereocenters. The molecular formula is C34H43ClFN3O8S2. The van der Waals surface area contributed by atoms with Gasteiger partial charge in [0.15, 0.2) is 0 Å². The number of amides is 1. The molecule has 1 heterocycles. The highest BCUT2D eigenvalue weighted by molar-refractivity contribution is 7.92. The van der Waals surface area contributed by atoms with Gasteiger partial charge in [-0.3, -0.25) is 9.52 Å². The van der Waals surface area contributed by atoms with Crippen molar-refractivity contribution in [1.82, 2.24) is 9.21 Å². The normalized spacial score (nSPS) is 20.6. The zero-order valence-corrected chi connectivity index (χ0v) is 30.3. The number of ether oxygens (including phenoxy) is 2. The minimum atomic E-state index is -4.03. The smallest absolute Gasteiger partial charge is 0.261 e. The first kappa shape index (κ1) is 38.5. The maximum Gasteiger partial charge on any atom is 0.261 e. The van der Waals surface area contributed by atoms with Crippen molar-refractivity contribution >= 4 is 43.2 Å². The zero-order chi connectivity index (χ0) is 35.9. The quantitative estimate of drug-likeness (QED) is 0.297. The molecule has 3 aromatic carbocycles. The van der Waals surface area contributed by atoms with Gasteiger partial charge in [-0.15, -0.1) is 0 Å². The van der Waals surface area contributed by atoms with Gasteiger partial charge in [0.2, 0.25) is 10.0 Å². The topological polar surface area (TPSA) is 143 Å². The molecule has 1 aliphatic rings. The van der Waals surface area contributed by atoms with Crippen molar-refractivity contribution in [2.24, 2.45) is 5.92 Å². The third-order valence-electron chi connectivity index (χ3n) is 8.39. The van der Waals surface area contributed by atoms with Gasteiger partial charge in [0.25, 0.3) is 15.9 Å². The molecule has 4 atom stereocenters. The number of aliphatic hydroxyl groups excluding tert-OH is 1.